The minimum Gasteiger partial charge on any atom is -0.319 e. The number of anilines is 1. The summed E-state index contributed by atoms with van der Waals surface area (Å²) in [5.74, 6) is -0.324. The lowest BCUT2D eigenvalue weighted by molar-refractivity contribution is -0.113. The summed E-state index contributed by atoms with van der Waals surface area (Å²) in [5.41, 5.74) is 2.37. The van der Waals surface area contributed by atoms with Gasteiger partial charge in [-0.3, -0.25) is 23.6 Å². The Hall–Kier alpha value is -3.37. The zero-order chi connectivity index (χ0) is 25.4. The van der Waals surface area contributed by atoms with Gasteiger partial charge in [0.25, 0.3) is 11.1 Å². The Morgan fingerprint density at radius 2 is 1.94 bits per heavy atom. The summed E-state index contributed by atoms with van der Waals surface area (Å²) in [6.45, 7) is 5.89. The normalized spacial score (nSPS) is 13.1. The minimum absolute atomic E-state index is 0.0132. The van der Waals surface area contributed by atoms with Crippen LogP contribution >= 0.6 is 23.1 Å². The first-order valence-corrected chi connectivity index (χ1v) is 13.6. The second-order valence-corrected chi connectivity index (χ2v) is 10.8. The Morgan fingerprint density at radius 3 is 2.69 bits per heavy atom. The topological polar surface area (TPSA) is 90.9 Å². The Labute approximate surface area is 216 Å². The average molecular weight is 522 g/mol. The molecule has 1 N–H and O–H groups in total. The van der Waals surface area contributed by atoms with Crippen molar-refractivity contribution in [3.05, 3.63) is 79.8 Å². The number of amides is 1. The molecule has 10 heteroatoms. The summed E-state index contributed by atoms with van der Waals surface area (Å²) >= 11 is 2.78. The van der Waals surface area contributed by atoms with E-state index in [-0.39, 0.29) is 28.5 Å². The summed E-state index contributed by atoms with van der Waals surface area (Å²) in [6, 6.07) is 9.27. The summed E-state index contributed by atoms with van der Waals surface area (Å²) in [4.78, 5) is 46.2. The lowest BCUT2D eigenvalue weighted by Gasteiger charge is -2.12. The average Bonchev–Trinajstić information content (AvgIpc) is 3.35. The standard InChI is InChI=1S/C26H27N5O3S2/c1-4-14-30-24(33)21-18-12-8-9-13-19(18)36-23(21)28-26(30)35-15-20(32)27-22-16(2)29(3)31(25(22)34)17-10-6-5-7-11-17/h4-7,10-11H,1,8-9,12-15H2,2-3H3,(H,27,32). The number of fused-ring (bicyclic) bond motifs is 3. The highest BCUT2D eigenvalue weighted by molar-refractivity contribution is 7.99. The molecular weight excluding hydrogens is 494 g/mol. The molecular formula is C26H27N5O3S2. The first-order chi connectivity index (χ1) is 17.4. The molecule has 4 aromatic rings. The van der Waals surface area contributed by atoms with Gasteiger partial charge in [0.1, 0.15) is 10.5 Å². The molecule has 3 aromatic heterocycles. The molecule has 5 rings (SSSR count). The molecule has 36 heavy (non-hydrogen) atoms. The van der Waals surface area contributed by atoms with Gasteiger partial charge < -0.3 is 5.32 Å². The van der Waals surface area contributed by atoms with Crippen LogP contribution < -0.4 is 16.4 Å². The SMILES string of the molecule is C=CCn1c(SCC(=O)Nc2c(C)n(C)n(-c3ccccc3)c2=O)nc2sc3c(c2c1=O)CCCC3. The maximum absolute atomic E-state index is 13.4. The van der Waals surface area contributed by atoms with Crippen molar-refractivity contribution in [2.45, 2.75) is 44.3 Å². The van der Waals surface area contributed by atoms with Crippen LogP contribution in [0.1, 0.15) is 29.0 Å². The molecule has 0 radical (unpaired) electrons. The first kappa shape index (κ1) is 24.3. The smallest absolute Gasteiger partial charge is 0.295 e. The molecule has 0 aliphatic heterocycles. The summed E-state index contributed by atoms with van der Waals surface area (Å²) in [6.07, 6.45) is 5.77. The number of nitrogens with zero attached hydrogens (tertiary/aromatic N) is 4. The van der Waals surface area contributed by atoms with Crippen molar-refractivity contribution in [3.63, 3.8) is 0 Å². The van der Waals surface area contributed by atoms with Gasteiger partial charge in [-0.1, -0.05) is 36.0 Å². The highest BCUT2D eigenvalue weighted by atomic mass is 32.2. The van der Waals surface area contributed by atoms with E-state index < -0.39 is 0 Å². The number of rotatable bonds is 7. The Kier molecular flexibility index (Phi) is 6.72. The van der Waals surface area contributed by atoms with E-state index in [1.807, 2.05) is 30.3 Å². The second kappa shape index (κ2) is 9.94. The van der Waals surface area contributed by atoms with E-state index >= 15 is 0 Å². The van der Waals surface area contributed by atoms with Crippen LogP contribution in [0.3, 0.4) is 0 Å². The summed E-state index contributed by atoms with van der Waals surface area (Å²) in [5, 5.41) is 3.97. The van der Waals surface area contributed by atoms with Crippen molar-refractivity contribution in [2.24, 2.45) is 7.05 Å². The summed E-state index contributed by atoms with van der Waals surface area (Å²) in [7, 11) is 1.78. The lowest BCUT2D eigenvalue weighted by Crippen LogP contribution is -2.25. The van der Waals surface area contributed by atoms with Crippen LogP contribution in [0.4, 0.5) is 5.69 Å². The molecule has 186 valence electrons. The number of carbonyl (C=O) groups is 1. The van der Waals surface area contributed by atoms with E-state index in [4.69, 9.17) is 4.98 Å². The van der Waals surface area contributed by atoms with Gasteiger partial charge in [-0.05, 0) is 50.3 Å². The van der Waals surface area contributed by atoms with Crippen LogP contribution in [0.5, 0.6) is 0 Å². The van der Waals surface area contributed by atoms with Gasteiger partial charge in [0.15, 0.2) is 5.16 Å². The number of benzene rings is 1. The monoisotopic (exact) mass is 521 g/mol. The van der Waals surface area contributed by atoms with Gasteiger partial charge in [-0.15, -0.1) is 17.9 Å². The van der Waals surface area contributed by atoms with E-state index in [2.05, 4.69) is 11.9 Å². The number of aryl methyl sites for hydroxylation is 2. The predicted molar refractivity (Wildman–Crippen MR) is 146 cm³/mol. The van der Waals surface area contributed by atoms with Crippen molar-refractivity contribution < 1.29 is 4.79 Å². The Balaban J connectivity index is 1.41. The highest BCUT2D eigenvalue weighted by Crippen LogP contribution is 2.34. The Morgan fingerprint density at radius 1 is 1.19 bits per heavy atom. The predicted octanol–water partition coefficient (Wildman–Crippen LogP) is 4.05. The fourth-order valence-electron chi connectivity index (χ4n) is 4.64. The van der Waals surface area contributed by atoms with E-state index in [0.717, 1.165) is 36.1 Å². The van der Waals surface area contributed by atoms with E-state index in [1.54, 1.807) is 40.6 Å². The van der Waals surface area contributed by atoms with Crippen molar-refractivity contribution in [3.8, 4) is 5.69 Å². The maximum atomic E-state index is 13.4. The largest absolute Gasteiger partial charge is 0.319 e. The molecule has 0 bridgehead atoms. The van der Waals surface area contributed by atoms with Gasteiger partial charge in [-0.25, -0.2) is 9.67 Å². The molecule has 0 saturated heterocycles. The zero-order valence-electron chi connectivity index (χ0n) is 20.2. The second-order valence-electron chi connectivity index (χ2n) is 8.76. The number of thiophene rings is 1. The molecule has 1 aliphatic carbocycles. The third kappa shape index (κ3) is 4.24. The fourth-order valence-corrected chi connectivity index (χ4v) is 6.75. The highest BCUT2D eigenvalue weighted by Gasteiger charge is 2.23. The van der Waals surface area contributed by atoms with Crippen molar-refractivity contribution >= 4 is 44.9 Å². The van der Waals surface area contributed by atoms with Crippen LogP contribution in [-0.4, -0.2) is 30.6 Å². The number of hydrogen-bond acceptors (Lipinski definition) is 6. The van der Waals surface area contributed by atoms with Crippen LogP contribution in [0.15, 0.2) is 57.7 Å². The zero-order valence-corrected chi connectivity index (χ0v) is 21.9. The molecule has 3 heterocycles. The van der Waals surface area contributed by atoms with Crippen LogP contribution in [0, 0.1) is 6.92 Å². The minimum atomic E-state index is -0.337. The first-order valence-electron chi connectivity index (χ1n) is 11.8. The van der Waals surface area contributed by atoms with Gasteiger partial charge >= 0.3 is 0 Å². The van der Waals surface area contributed by atoms with E-state index in [0.29, 0.717) is 28.5 Å². The number of thioether (sulfide) groups is 1. The molecule has 0 spiro atoms. The van der Waals surface area contributed by atoms with Crippen LogP contribution in [0.25, 0.3) is 15.9 Å². The maximum Gasteiger partial charge on any atom is 0.295 e. The fraction of sp³-hybridized carbons (Fsp3) is 0.308. The molecule has 0 atom stereocenters. The number of nitrogens with one attached hydrogen (secondary N) is 1. The number of carbonyl (C=O) groups excluding carboxylic acids is 1. The number of para-hydroxylation sites is 1. The number of aromatic nitrogens is 4. The van der Waals surface area contributed by atoms with Crippen molar-refractivity contribution in [1.82, 2.24) is 18.9 Å². The van der Waals surface area contributed by atoms with Gasteiger partial charge in [0.2, 0.25) is 5.91 Å². The van der Waals surface area contributed by atoms with Crippen LogP contribution in [0.2, 0.25) is 0 Å². The molecule has 1 aliphatic rings. The third-order valence-electron chi connectivity index (χ3n) is 6.50. The number of hydrogen-bond donors (Lipinski definition) is 1. The molecule has 0 fully saturated rings. The lowest BCUT2D eigenvalue weighted by atomic mass is 9.97. The molecule has 1 aromatic carbocycles. The molecule has 1 amide bonds. The van der Waals surface area contributed by atoms with Crippen molar-refractivity contribution in [2.75, 3.05) is 11.1 Å². The van der Waals surface area contributed by atoms with Crippen LogP contribution in [-0.2, 0) is 31.2 Å². The summed E-state index contributed by atoms with van der Waals surface area (Å²) < 4.78 is 4.83. The van der Waals surface area contributed by atoms with Gasteiger partial charge in [0.05, 0.1) is 22.5 Å². The van der Waals surface area contributed by atoms with E-state index in [1.165, 1.54) is 21.3 Å². The Bertz CT molecular complexity index is 1590. The van der Waals surface area contributed by atoms with Crippen molar-refractivity contribution in [1.29, 1.82) is 0 Å². The number of allylic oxidation sites excluding steroid dienone is 1. The van der Waals surface area contributed by atoms with Gasteiger partial charge in [0, 0.05) is 18.5 Å². The molecule has 0 unspecified atom stereocenters. The van der Waals surface area contributed by atoms with Gasteiger partial charge in [-0.2, -0.15) is 0 Å². The third-order valence-corrected chi connectivity index (χ3v) is 8.66. The quantitative estimate of drug-likeness (QED) is 0.225. The van der Waals surface area contributed by atoms with E-state index in [9.17, 15) is 14.4 Å². The molecule has 0 saturated carbocycles. The molecule has 8 nitrogen and oxygen atoms in total.